The Morgan fingerprint density at radius 1 is 1.35 bits per heavy atom. The van der Waals surface area contributed by atoms with Crippen LogP contribution in [0, 0.1) is 0 Å². The summed E-state index contributed by atoms with van der Waals surface area (Å²) in [6.07, 6.45) is 3.62. The van der Waals surface area contributed by atoms with Gasteiger partial charge in [-0.1, -0.05) is 11.3 Å². The molecule has 0 saturated carbocycles. The number of nitrogens with one attached hydrogen (secondary N) is 1. The fourth-order valence-electron chi connectivity index (χ4n) is 2.90. The number of rotatable bonds is 2. The van der Waals surface area contributed by atoms with Gasteiger partial charge in [0.2, 0.25) is 5.91 Å². The van der Waals surface area contributed by atoms with Gasteiger partial charge in [-0.15, -0.1) is 11.8 Å². The molecule has 26 heavy (non-hydrogen) atoms. The number of pyridine rings is 1. The molecule has 4 heterocycles. The summed E-state index contributed by atoms with van der Waals surface area (Å²) < 4.78 is 2.07. The summed E-state index contributed by atoms with van der Waals surface area (Å²) in [7, 11) is 0. The Morgan fingerprint density at radius 2 is 2.15 bits per heavy atom. The Kier molecular flexibility index (Phi) is 4.11. The average Bonchev–Trinajstić information content (AvgIpc) is 3.14. The van der Waals surface area contributed by atoms with Gasteiger partial charge in [0.05, 0.1) is 26.7 Å². The summed E-state index contributed by atoms with van der Waals surface area (Å²) in [4.78, 5) is 22.5. The lowest BCUT2D eigenvalue weighted by Crippen LogP contribution is -2.24. The maximum Gasteiger partial charge on any atom is 0.223 e. The van der Waals surface area contributed by atoms with Crippen LogP contribution in [0.5, 0.6) is 0 Å². The normalized spacial score (nSPS) is 13.2. The number of aromatic nitrogens is 4. The molecular formula is C18H19N5OS2. The van der Waals surface area contributed by atoms with Gasteiger partial charge in [-0.2, -0.15) is 5.10 Å². The van der Waals surface area contributed by atoms with Crippen LogP contribution in [-0.4, -0.2) is 25.7 Å². The zero-order valence-electron chi connectivity index (χ0n) is 15.0. The molecule has 1 N–H and O–H groups in total. The summed E-state index contributed by atoms with van der Waals surface area (Å²) >= 11 is 3.25. The van der Waals surface area contributed by atoms with Gasteiger partial charge in [-0.25, -0.2) is 4.98 Å². The van der Waals surface area contributed by atoms with Gasteiger partial charge in [0.25, 0.3) is 0 Å². The van der Waals surface area contributed by atoms with E-state index in [0.717, 1.165) is 38.2 Å². The highest BCUT2D eigenvalue weighted by Gasteiger charge is 2.33. The smallest absolute Gasteiger partial charge is 0.223 e. The first-order valence-electron chi connectivity index (χ1n) is 8.29. The van der Waals surface area contributed by atoms with Gasteiger partial charge in [-0.05, 0) is 32.9 Å². The van der Waals surface area contributed by atoms with Crippen molar-refractivity contribution in [3.05, 3.63) is 30.2 Å². The Hall–Kier alpha value is -2.19. The van der Waals surface area contributed by atoms with E-state index in [-0.39, 0.29) is 11.4 Å². The first kappa shape index (κ1) is 17.2. The number of thiazole rings is 1. The van der Waals surface area contributed by atoms with Crippen molar-refractivity contribution >= 4 is 34.1 Å². The van der Waals surface area contributed by atoms with E-state index >= 15 is 0 Å². The molecule has 0 radical (unpaired) electrons. The van der Waals surface area contributed by atoms with Crippen LogP contribution in [0.25, 0.3) is 21.8 Å². The standard InChI is InChI=1S/C18H19N5OS2/c1-10(24)20-17-21-12-9-25-16-13(11-6-5-7-19-8-11)22-23(18(2,3)4)14(16)15(12)26-17/h5-8H,9H2,1-4H3,(H,20,21,24). The molecule has 0 saturated heterocycles. The van der Waals surface area contributed by atoms with Crippen molar-refractivity contribution in [2.45, 2.75) is 43.9 Å². The number of hydrogen-bond acceptors (Lipinski definition) is 6. The highest BCUT2D eigenvalue weighted by molar-refractivity contribution is 7.99. The molecule has 0 atom stereocenters. The summed E-state index contributed by atoms with van der Waals surface area (Å²) in [5, 5.41) is 8.40. The maximum absolute atomic E-state index is 11.4. The zero-order valence-corrected chi connectivity index (χ0v) is 16.7. The molecule has 0 fully saturated rings. The Bertz CT molecular complexity index is 985. The molecule has 8 heteroatoms. The van der Waals surface area contributed by atoms with Crippen LogP contribution in [0.3, 0.4) is 0 Å². The fraction of sp³-hybridized carbons (Fsp3) is 0.333. The summed E-state index contributed by atoms with van der Waals surface area (Å²) in [6, 6.07) is 3.96. The summed E-state index contributed by atoms with van der Waals surface area (Å²) in [5.74, 6) is 0.658. The first-order chi connectivity index (χ1) is 12.3. The van der Waals surface area contributed by atoms with Gasteiger partial charge >= 0.3 is 0 Å². The lowest BCUT2D eigenvalue weighted by atomic mass is 10.1. The van der Waals surface area contributed by atoms with Crippen molar-refractivity contribution < 1.29 is 4.79 Å². The van der Waals surface area contributed by atoms with Crippen molar-refractivity contribution in [1.82, 2.24) is 19.7 Å². The minimum absolute atomic E-state index is 0.107. The molecule has 0 spiro atoms. The monoisotopic (exact) mass is 385 g/mol. The highest BCUT2D eigenvalue weighted by atomic mass is 32.2. The van der Waals surface area contributed by atoms with Gasteiger partial charge in [0, 0.05) is 30.6 Å². The Balaban J connectivity index is 1.93. The second-order valence-corrected chi connectivity index (χ2v) is 9.10. The molecule has 0 bridgehead atoms. The van der Waals surface area contributed by atoms with Crippen molar-refractivity contribution in [1.29, 1.82) is 0 Å². The minimum Gasteiger partial charge on any atom is -0.302 e. The predicted octanol–water partition coefficient (Wildman–Crippen LogP) is 4.39. The number of thioether (sulfide) groups is 1. The second kappa shape index (κ2) is 6.21. The average molecular weight is 386 g/mol. The third-order valence-electron chi connectivity index (χ3n) is 3.96. The molecule has 3 aromatic heterocycles. The molecule has 6 nitrogen and oxygen atoms in total. The summed E-state index contributed by atoms with van der Waals surface area (Å²) in [6.45, 7) is 7.92. The van der Waals surface area contributed by atoms with Crippen LogP contribution in [0.15, 0.2) is 29.4 Å². The number of nitrogens with zero attached hydrogens (tertiary/aromatic N) is 4. The lowest BCUT2D eigenvalue weighted by Gasteiger charge is -2.23. The number of hydrogen-bond donors (Lipinski definition) is 1. The van der Waals surface area contributed by atoms with Gasteiger partial charge in [0.15, 0.2) is 5.13 Å². The van der Waals surface area contributed by atoms with Crippen LogP contribution >= 0.6 is 23.1 Å². The lowest BCUT2D eigenvalue weighted by molar-refractivity contribution is -0.114. The minimum atomic E-state index is -0.183. The Morgan fingerprint density at radius 3 is 2.81 bits per heavy atom. The molecule has 3 aromatic rings. The van der Waals surface area contributed by atoms with E-state index in [4.69, 9.17) is 5.10 Å². The van der Waals surface area contributed by atoms with Crippen LogP contribution in [-0.2, 0) is 16.1 Å². The fourth-order valence-corrected chi connectivity index (χ4v) is 5.23. The topological polar surface area (TPSA) is 72.7 Å². The number of fused-ring (bicyclic) bond motifs is 3. The third-order valence-corrected chi connectivity index (χ3v) is 6.07. The molecule has 1 amide bonds. The van der Waals surface area contributed by atoms with Crippen LogP contribution in [0.4, 0.5) is 5.13 Å². The molecule has 0 aromatic carbocycles. The van der Waals surface area contributed by atoms with Crippen molar-refractivity contribution in [2.24, 2.45) is 0 Å². The molecule has 0 unspecified atom stereocenters. The van der Waals surface area contributed by atoms with Gasteiger partial charge in [0.1, 0.15) is 5.69 Å². The number of carbonyl (C=O) groups is 1. The third kappa shape index (κ3) is 2.93. The zero-order chi connectivity index (χ0) is 18.5. The highest BCUT2D eigenvalue weighted by Crippen LogP contribution is 2.50. The summed E-state index contributed by atoms with van der Waals surface area (Å²) in [5.41, 5.74) is 3.86. The number of anilines is 1. The molecule has 1 aliphatic heterocycles. The predicted molar refractivity (Wildman–Crippen MR) is 105 cm³/mol. The van der Waals surface area contributed by atoms with Crippen LogP contribution in [0.1, 0.15) is 33.4 Å². The maximum atomic E-state index is 11.4. The SMILES string of the molecule is CC(=O)Nc1nc2c(s1)-c1c(c(-c3cccnc3)nn1C(C)(C)C)SC2. The second-order valence-electron chi connectivity index (χ2n) is 7.12. The molecule has 0 aliphatic carbocycles. The van der Waals surface area contributed by atoms with E-state index in [2.05, 4.69) is 40.7 Å². The Labute approximate surface area is 160 Å². The van der Waals surface area contributed by atoms with E-state index < -0.39 is 0 Å². The van der Waals surface area contributed by atoms with E-state index in [1.807, 2.05) is 18.3 Å². The van der Waals surface area contributed by atoms with Crippen molar-refractivity contribution in [3.63, 3.8) is 0 Å². The number of carbonyl (C=O) groups excluding carboxylic acids is 1. The van der Waals surface area contributed by atoms with Gasteiger partial charge < -0.3 is 5.32 Å². The first-order valence-corrected chi connectivity index (χ1v) is 10.1. The molecule has 1 aliphatic rings. The quantitative estimate of drug-likeness (QED) is 0.708. The molecule has 134 valence electrons. The number of amides is 1. The van der Waals surface area contributed by atoms with E-state index in [1.165, 1.54) is 18.3 Å². The van der Waals surface area contributed by atoms with E-state index in [1.54, 1.807) is 18.0 Å². The van der Waals surface area contributed by atoms with Gasteiger partial charge in [-0.3, -0.25) is 14.5 Å². The van der Waals surface area contributed by atoms with E-state index in [9.17, 15) is 4.79 Å². The van der Waals surface area contributed by atoms with E-state index in [0.29, 0.717) is 5.13 Å². The van der Waals surface area contributed by atoms with Crippen LogP contribution in [0.2, 0.25) is 0 Å². The van der Waals surface area contributed by atoms with Crippen molar-refractivity contribution in [3.8, 4) is 21.8 Å². The van der Waals surface area contributed by atoms with Crippen LogP contribution < -0.4 is 5.32 Å². The largest absolute Gasteiger partial charge is 0.302 e. The van der Waals surface area contributed by atoms with Crippen molar-refractivity contribution in [2.75, 3.05) is 5.32 Å². The molecular weight excluding hydrogens is 366 g/mol. The molecule has 4 rings (SSSR count).